The summed E-state index contributed by atoms with van der Waals surface area (Å²) < 4.78 is 26.3. The molecule has 0 heterocycles. The molecule has 18 heavy (non-hydrogen) atoms. The largest absolute Gasteiger partial charge is 0.481 e. The fraction of sp³-hybridized carbons (Fsp3) is 0.800. The van der Waals surface area contributed by atoms with Gasteiger partial charge in [-0.1, -0.05) is 13.8 Å². The first-order valence-electron chi connectivity index (χ1n) is 5.58. The first-order chi connectivity index (χ1) is 8.27. The molecule has 1 atom stereocenters. The first kappa shape index (κ1) is 16.8. The Bertz CT molecular complexity index is 415. The van der Waals surface area contributed by atoms with Crippen LogP contribution < -0.4 is 0 Å². The van der Waals surface area contributed by atoms with Gasteiger partial charge in [0.2, 0.25) is 0 Å². The van der Waals surface area contributed by atoms with Gasteiger partial charge in [0.15, 0.2) is 0 Å². The summed E-state index contributed by atoms with van der Waals surface area (Å²) in [6.45, 7) is 3.38. The van der Waals surface area contributed by atoms with Crippen LogP contribution >= 0.6 is 0 Å². The molecular formula is C10H19N3O4S. The van der Waals surface area contributed by atoms with Crippen LogP contribution in [0.25, 0.3) is 0 Å². The van der Waals surface area contributed by atoms with Crippen molar-refractivity contribution in [3.8, 4) is 6.07 Å². The van der Waals surface area contributed by atoms with Crippen molar-refractivity contribution in [2.75, 3.05) is 26.7 Å². The summed E-state index contributed by atoms with van der Waals surface area (Å²) in [5.41, 5.74) is 0. The second-order valence-corrected chi connectivity index (χ2v) is 5.96. The smallest absolute Gasteiger partial charge is 0.307 e. The van der Waals surface area contributed by atoms with Gasteiger partial charge in [-0.15, -0.1) is 0 Å². The number of hydrogen-bond acceptors (Lipinski definition) is 4. The SMILES string of the molecule is CCN(CCC#N)S(=O)(=O)N(C)CC(C)C(=O)O. The third kappa shape index (κ3) is 4.60. The molecule has 1 N–H and O–H groups in total. The third-order valence-corrected chi connectivity index (χ3v) is 4.53. The van der Waals surface area contributed by atoms with Gasteiger partial charge in [0.1, 0.15) is 0 Å². The molecule has 7 nitrogen and oxygen atoms in total. The molecule has 0 fully saturated rings. The standard InChI is InChI=1S/C10H19N3O4S/c1-4-13(7-5-6-11)18(16,17)12(3)8-9(2)10(14)15/h9H,4-5,7-8H2,1-3H3,(H,14,15). The highest BCUT2D eigenvalue weighted by Gasteiger charge is 2.27. The van der Waals surface area contributed by atoms with Crippen LogP contribution in [0, 0.1) is 17.2 Å². The van der Waals surface area contributed by atoms with Crippen LogP contribution in [0.15, 0.2) is 0 Å². The summed E-state index contributed by atoms with van der Waals surface area (Å²) in [6, 6.07) is 1.88. The molecule has 0 saturated carbocycles. The van der Waals surface area contributed by atoms with Crippen molar-refractivity contribution in [2.24, 2.45) is 5.92 Å². The monoisotopic (exact) mass is 277 g/mol. The zero-order valence-electron chi connectivity index (χ0n) is 10.8. The Labute approximate surface area is 108 Å². The van der Waals surface area contributed by atoms with Crippen molar-refractivity contribution >= 4 is 16.2 Å². The normalized spacial score (nSPS) is 13.6. The Morgan fingerprint density at radius 2 is 2.06 bits per heavy atom. The second kappa shape index (κ2) is 7.31. The van der Waals surface area contributed by atoms with Crippen LogP contribution in [0.5, 0.6) is 0 Å². The molecule has 0 aliphatic rings. The van der Waals surface area contributed by atoms with E-state index in [1.807, 2.05) is 6.07 Å². The van der Waals surface area contributed by atoms with Gasteiger partial charge in [-0.25, -0.2) is 0 Å². The minimum Gasteiger partial charge on any atom is -0.481 e. The number of carboxylic acid groups (broad SMARTS) is 1. The lowest BCUT2D eigenvalue weighted by Gasteiger charge is -2.26. The average molecular weight is 277 g/mol. The van der Waals surface area contributed by atoms with Crippen molar-refractivity contribution in [2.45, 2.75) is 20.3 Å². The number of carboxylic acids is 1. The van der Waals surface area contributed by atoms with Gasteiger partial charge >= 0.3 is 5.97 Å². The van der Waals surface area contributed by atoms with E-state index in [1.165, 1.54) is 14.0 Å². The van der Waals surface area contributed by atoms with E-state index in [-0.39, 0.29) is 26.1 Å². The number of nitriles is 1. The molecule has 0 bridgehead atoms. The average Bonchev–Trinajstić information content (AvgIpc) is 2.29. The molecule has 0 amide bonds. The molecule has 0 aromatic heterocycles. The number of hydrogen-bond donors (Lipinski definition) is 1. The molecule has 0 aromatic rings. The minimum absolute atomic E-state index is 0.0965. The van der Waals surface area contributed by atoms with Gasteiger partial charge in [-0.3, -0.25) is 4.79 Å². The molecule has 0 aliphatic carbocycles. The highest BCUT2D eigenvalue weighted by Crippen LogP contribution is 2.09. The fourth-order valence-corrected chi connectivity index (χ4v) is 2.82. The van der Waals surface area contributed by atoms with E-state index in [9.17, 15) is 13.2 Å². The summed E-state index contributed by atoms with van der Waals surface area (Å²) in [5, 5.41) is 17.2. The second-order valence-electron chi connectivity index (χ2n) is 3.93. The summed E-state index contributed by atoms with van der Waals surface area (Å²) in [5.74, 6) is -1.82. The van der Waals surface area contributed by atoms with Gasteiger partial charge in [-0.2, -0.15) is 22.3 Å². The predicted molar refractivity (Wildman–Crippen MR) is 65.8 cm³/mol. The Hall–Kier alpha value is -1.17. The number of carbonyl (C=O) groups is 1. The number of nitrogens with zero attached hydrogens (tertiary/aromatic N) is 3. The molecule has 104 valence electrons. The summed E-state index contributed by atoms with van der Waals surface area (Å²) in [7, 11) is -2.36. The molecule has 0 rings (SSSR count). The van der Waals surface area contributed by atoms with Crippen molar-refractivity contribution in [3.63, 3.8) is 0 Å². The molecule has 0 spiro atoms. The molecular weight excluding hydrogens is 258 g/mol. The van der Waals surface area contributed by atoms with Crippen molar-refractivity contribution in [3.05, 3.63) is 0 Å². The molecule has 0 aromatic carbocycles. The first-order valence-corrected chi connectivity index (χ1v) is 6.98. The van der Waals surface area contributed by atoms with Crippen molar-refractivity contribution in [1.82, 2.24) is 8.61 Å². The van der Waals surface area contributed by atoms with Crippen molar-refractivity contribution < 1.29 is 18.3 Å². The maximum atomic E-state index is 12.1. The van der Waals surface area contributed by atoms with Crippen LogP contribution in [-0.4, -0.2) is 54.8 Å². The third-order valence-electron chi connectivity index (χ3n) is 2.50. The van der Waals surface area contributed by atoms with Crippen LogP contribution in [0.4, 0.5) is 0 Å². The van der Waals surface area contributed by atoms with Crippen molar-refractivity contribution in [1.29, 1.82) is 5.26 Å². The topological polar surface area (TPSA) is 102 Å². The highest BCUT2D eigenvalue weighted by atomic mass is 32.2. The Morgan fingerprint density at radius 3 is 2.44 bits per heavy atom. The van der Waals surface area contributed by atoms with Crippen LogP contribution in [0.3, 0.4) is 0 Å². The summed E-state index contributed by atoms with van der Waals surface area (Å²) in [4.78, 5) is 10.7. The maximum Gasteiger partial charge on any atom is 0.307 e. The van der Waals surface area contributed by atoms with E-state index in [0.29, 0.717) is 0 Å². The van der Waals surface area contributed by atoms with E-state index in [0.717, 1.165) is 8.61 Å². The minimum atomic E-state index is -3.70. The van der Waals surface area contributed by atoms with Gasteiger partial charge in [-0.05, 0) is 0 Å². The van der Waals surface area contributed by atoms with Crippen LogP contribution in [-0.2, 0) is 15.0 Å². The number of aliphatic carboxylic acids is 1. The van der Waals surface area contributed by atoms with E-state index in [4.69, 9.17) is 10.4 Å². The molecule has 1 unspecified atom stereocenters. The van der Waals surface area contributed by atoms with Gasteiger partial charge < -0.3 is 5.11 Å². The van der Waals surface area contributed by atoms with Gasteiger partial charge in [0.25, 0.3) is 10.2 Å². The summed E-state index contributed by atoms with van der Waals surface area (Å²) in [6.07, 6.45) is 0.107. The highest BCUT2D eigenvalue weighted by molar-refractivity contribution is 7.86. The lowest BCUT2D eigenvalue weighted by Crippen LogP contribution is -2.44. The Kier molecular flexibility index (Phi) is 6.83. The zero-order valence-corrected chi connectivity index (χ0v) is 11.6. The zero-order chi connectivity index (χ0) is 14.3. The summed E-state index contributed by atoms with van der Waals surface area (Å²) >= 11 is 0. The quantitative estimate of drug-likeness (QED) is 0.679. The lowest BCUT2D eigenvalue weighted by atomic mass is 10.2. The molecule has 8 heteroatoms. The van der Waals surface area contributed by atoms with Gasteiger partial charge in [0.05, 0.1) is 12.0 Å². The molecule has 0 aliphatic heterocycles. The fourth-order valence-electron chi connectivity index (χ4n) is 1.37. The molecule has 0 radical (unpaired) electrons. The Morgan fingerprint density at radius 1 is 1.50 bits per heavy atom. The van der Waals surface area contributed by atoms with E-state index in [1.54, 1.807) is 6.92 Å². The molecule has 0 saturated heterocycles. The van der Waals surface area contributed by atoms with Gasteiger partial charge in [0, 0.05) is 33.1 Å². The van der Waals surface area contributed by atoms with Crippen LogP contribution in [0.2, 0.25) is 0 Å². The predicted octanol–water partition coefficient (Wildman–Crippen LogP) is 0.119. The lowest BCUT2D eigenvalue weighted by molar-refractivity contribution is -0.141. The van der Waals surface area contributed by atoms with E-state index < -0.39 is 22.1 Å². The van der Waals surface area contributed by atoms with E-state index >= 15 is 0 Å². The number of rotatable bonds is 8. The van der Waals surface area contributed by atoms with Crippen LogP contribution in [0.1, 0.15) is 20.3 Å². The maximum absolute atomic E-state index is 12.1. The van der Waals surface area contributed by atoms with E-state index in [2.05, 4.69) is 0 Å². The Balaban J connectivity index is 4.78.